The smallest absolute Gasteiger partial charge is 0.123 e. The molecule has 19 heavy (non-hydrogen) atoms. The molecule has 0 radical (unpaired) electrons. The Balaban J connectivity index is 2.35. The molecular formula is C15H20N2S2. The van der Waals surface area contributed by atoms with Gasteiger partial charge in [0.05, 0.1) is 5.69 Å². The van der Waals surface area contributed by atoms with E-state index in [2.05, 4.69) is 49.7 Å². The number of thiazole rings is 1. The number of hydrogen-bond acceptors (Lipinski definition) is 4. The molecule has 0 saturated heterocycles. The average Bonchev–Trinajstić information content (AvgIpc) is 2.83. The first kappa shape index (κ1) is 14.6. The summed E-state index contributed by atoms with van der Waals surface area (Å²) in [6.45, 7) is 5.30. The van der Waals surface area contributed by atoms with E-state index in [0.717, 1.165) is 11.6 Å². The minimum atomic E-state index is 0.471. The largest absolute Gasteiger partial charge is 0.315 e. The Morgan fingerprint density at radius 3 is 2.47 bits per heavy atom. The number of nitrogens with one attached hydrogen (secondary N) is 1. The normalized spacial score (nSPS) is 11.2. The van der Waals surface area contributed by atoms with Gasteiger partial charge in [0.1, 0.15) is 5.01 Å². The second-order valence-electron chi connectivity index (χ2n) is 4.74. The first-order valence-corrected chi connectivity index (χ1v) is 8.48. The van der Waals surface area contributed by atoms with Crippen molar-refractivity contribution < 1.29 is 0 Å². The highest BCUT2D eigenvalue weighted by Gasteiger charge is 2.14. The summed E-state index contributed by atoms with van der Waals surface area (Å²) in [5.74, 6) is 0.471. The van der Waals surface area contributed by atoms with Crippen molar-refractivity contribution in [1.82, 2.24) is 10.3 Å². The molecule has 2 rings (SSSR count). The van der Waals surface area contributed by atoms with Gasteiger partial charge in [-0.2, -0.15) is 0 Å². The van der Waals surface area contributed by atoms with Gasteiger partial charge in [-0.15, -0.1) is 23.1 Å². The Bertz CT molecular complexity index is 530. The monoisotopic (exact) mass is 292 g/mol. The topological polar surface area (TPSA) is 24.9 Å². The van der Waals surface area contributed by atoms with Gasteiger partial charge in [-0.05, 0) is 31.4 Å². The van der Waals surface area contributed by atoms with Gasteiger partial charge < -0.3 is 5.32 Å². The summed E-state index contributed by atoms with van der Waals surface area (Å²) in [6, 6.07) is 8.65. The number of thioether (sulfide) groups is 1. The van der Waals surface area contributed by atoms with Crippen LogP contribution in [0.5, 0.6) is 0 Å². The quantitative estimate of drug-likeness (QED) is 0.828. The van der Waals surface area contributed by atoms with E-state index in [9.17, 15) is 0 Å². The highest BCUT2D eigenvalue weighted by molar-refractivity contribution is 7.98. The van der Waals surface area contributed by atoms with Crippen molar-refractivity contribution in [2.75, 3.05) is 13.3 Å². The third-order valence-corrected chi connectivity index (χ3v) is 4.81. The lowest BCUT2D eigenvalue weighted by Gasteiger charge is -2.03. The summed E-state index contributed by atoms with van der Waals surface area (Å²) in [7, 11) is 1.98. The molecular weight excluding hydrogens is 272 g/mol. The average molecular weight is 292 g/mol. The zero-order valence-corrected chi connectivity index (χ0v) is 13.5. The SMILES string of the molecule is CNCc1sc(-c2ccc(SC)cc2)nc1C(C)C. The molecule has 1 aromatic heterocycles. The summed E-state index contributed by atoms with van der Waals surface area (Å²) in [4.78, 5) is 7.47. The molecule has 1 heterocycles. The summed E-state index contributed by atoms with van der Waals surface area (Å²) >= 11 is 3.57. The minimum absolute atomic E-state index is 0.471. The zero-order valence-electron chi connectivity index (χ0n) is 11.9. The molecule has 1 N–H and O–H groups in total. The molecule has 2 nitrogen and oxygen atoms in total. The van der Waals surface area contributed by atoms with Gasteiger partial charge in [0.25, 0.3) is 0 Å². The lowest BCUT2D eigenvalue weighted by Crippen LogP contribution is -2.06. The van der Waals surface area contributed by atoms with E-state index in [1.54, 1.807) is 23.1 Å². The number of hydrogen-bond donors (Lipinski definition) is 1. The third kappa shape index (κ3) is 3.38. The van der Waals surface area contributed by atoms with Crippen LogP contribution in [0.25, 0.3) is 10.6 Å². The Morgan fingerprint density at radius 2 is 1.95 bits per heavy atom. The zero-order chi connectivity index (χ0) is 13.8. The van der Waals surface area contributed by atoms with Gasteiger partial charge in [0.2, 0.25) is 0 Å². The van der Waals surface area contributed by atoms with E-state index < -0.39 is 0 Å². The Hall–Kier alpha value is -0.840. The standard InChI is InChI=1S/C15H20N2S2/c1-10(2)14-13(9-16-3)19-15(17-14)11-5-7-12(18-4)8-6-11/h5-8,10,16H,9H2,1-4H3. The van der Waals surface area contributed by atoms with Crippen molar-refractivity contribution in [3.8, 4) is 10.6 Å². The predicted molar refractivity (Wildman–Crippen MR) is 86.2 cm³/mol. The summed E-state index contributed by atoms with van der Waals surface area (Å²) in [6.07, 6.45) is 2.10. The van der Waals surface area contributed by atoms with Crippen LogP contribution in [0.15, 0.2) is 29.2 Å². The summed E-state index contributed by atoms with van der Waals surface area (Å²) in [5.41, 5.74) is 2.44. The molecule has 0 saturated carbocycles. The van der Waals surface area contributed by atoms with E-state index in [0.29, 0.717) is 5.92 Å². The maximum absolute atomic E-state index is 4.83. The lowest BCUT2D eigenvalue weighted by molar-refractivity contribution is 0.771. The maximum Gasteiger partial charge on any atom is 0.123 e. The number of benzene rings is 1. The number of rotatable bonds is 5. The predicted octanol–water partition coefficient (Wildman–Crippen LogP) is 4.37. The van der Waals surface area contributed by atoms with Gasteiger partial charge in [0, 0.05) is 21.9 Å². The van der Waals surface area contributed by atoms with Crippen LogP contribution in [0.4, 0.5) is 0 Å². The van der Waals surface area contributed by atoms with Crippen molar-refractivity contribution >= 4 is 23.1 Å². The van der Waals surface area contributed by atoms with Crippen LogP contribution in [0.1, 0.15) is 30.3 Å². The third-order valence-electron chi connectivity index (χ3n) is 2.95. The van der Waals surface area contributed by atoms with E-state index in [4.69, 9.17) is 4.98 Å². The second kappa shape index (κ2) is 6.55. The van der Waals surface area contributed by atoms with Crippen molar-refractivity contribution in [2.45, 2.75) is 31.2 Å². The lowest BCUT2D eigenvalue weighted by atomic mass is 10.1. The van der Waals surface area contributed by atoms with Crippen LogP contribution < -0.4 is 5.32 Å². The molecule has 0 spiro atoms. The summed E-state index contributed by atoms with van der Waals surface area (Å²) < 4.78 is 0. The molecule has 0 aliphatic rings. The van der Waals surface area contributed by atoms with E-state index in [1.807, 2.05) is 7.05 Å². The number of aromatic nitrogens is 1. The van der Waals surface area contributed by atoms with E-state index >= 15 is 0 Å². The first-order chi connectivity index (χ1) is 9.15. The van der Waals surface area contributed by atoms with E-state index in [-0.39, 0.29) is 0 Å². The van der Waals surface area contributed by atoms with E-state index in [1.165, 1.54) is 21.0 Å². The van der Waals surface area contributed by atoms with Crippen molar-refractivity contribution in [1.29, 1.82) is 0 Å². The fraction of sp³-hybridized carbons (Fsp3) is 0.400. The molecule has 102 valence electrons. The van der Waals surface area contributed by atoms with Crippen LogP contribution >= 0.6 is 23.1 Å². The molecule has 0 aliphatic heterocycles. The molecule has 0 atom stereocenters. The minimum Gasteiger partial charge on any atom is -0.315 e. The molecule has 0 aliphatic carbocycles. The highest BCUT2D eigenvalue weighted by atomic mass is 32.2. The van der Waals surface area contributed by atoms with Crippen LogP contribution in [-0.2, 0) is 6.54 Å². The fourth-order valence-electron chi connectivity index (χ4n) is 1.96. The van der Waals surface area contributed by atoms with Gasteiger partial charge in [-0.25, -0.2) is 4.98 Å². The highest BCUT2D eigenvalue weighted by Crippen LogP contribution is 2.32. The van der Waals surface area contributed by atoms with Crippen molar-refractivity contribution in [2.24, 2.45) is 0 Å². The van der Waals surface area contributed by atoms with Crippen LogP contribution in [-0.4, -0.2) is 18.3 Å². The van der Waals surface area contributed by atoms with Crippen LogP contribution in [0.2, 0.25) is 0 Å². The van der Waals surface area contributed by atoms with Crippen LogP contribution in [0.3, 0.4) is 0 Å². The van der Waals surface area contributed by atoms with Crippen molar-refractivity contribution in [3.63, 3.8) is 0 Å². The van der Waals surface area contributed by atoms with Gasteiger partial charge in [-0.1, -0.05) is 26.0 Å². The molecule has 0 bridgehead atoms. The molecule has 0 unspecified atom stereocenters. The molecule has 0 amide bonds. The molecule has 2 aromatic rings. The van der Waals surface area contributed by atoms with Crippen molar-refractivity contribution in [3.05, 3.63) is 34.8 Å². The molecule has 0 fully saturated rings. The maximum atomic E-state index is 4.83. The Labute approximate surface area is 123 Å². The first-order valence-electron chi connectivity index (χ1n) is 6.44. The molecule has 4 heteroatoms. The summed E-state index contributed by atoms with van der Waals surface area (Å²) in [5, 5.41) is 4.36. The second-order valence-corrected chi connectivity index (χ2v) is 6.70. The fourth-order valence-corrected chi connectivity index (χ4v) is 3.60. The molecule has 1 aromatic carbocycles. The Morgan fingerprint density at radius 1 is 1.26 bits per heavy atom. The van der Waals surface area contributed by atoms with Gasteiger partial charge in [-0.3, -0.25) is 0 Å². The number of nitrogens with zero attached hydrogens (tertiary/aromatic N) is 1. The van der Waals surface area contributed by atoms with Crippen LogP contribution in [0, 0.1) is 0 Å². The Kier molecular flexibility index (Phi) is 5.02. The van der Waals surface area contributed by atoms with Gasteiger partial charge in [0.15, 0.2) is 0 Å². The van der Waals surface area contributed by atoms with Gasteiger partial charge >= 0.3 is 0 Å².